The Bertz CT molecular complexity index is 1050. The first kappa shape index (κ1) is 18.9. The van der Waals surface area contributed by atoms with E-state index in [4.69, 9.17) is 25.1 Å². The zero-order chi connectivity index (χ0) is 18.9. The van der Waals surface area contributed by atoms with Crippen molar-refractivity contribution in [3.05, 3.63) is 68.8 Å². The van der Waals surface area contributed by atoms with E-state index in [0.29, 0.717) is 27.3 Å². The molecule has 1 aromatic heterocycles. The van der Waals surface area contributed by atoms with Crippen LogP contribution in [0.4, 0.5) is 0 Å². The lowest BCUT2D eigenvalue weighted by Gasteiger charge is -2.14. The molecule has 26 heavy (non-hydrogen) atoms. The molecule has 0 amide bonds. The molecule has 136 valence electrons. The van der Waals surface area contributed by atoms with Crippen LogP contribution >= 0.6 is 19.2 Å². The summed E-state index contributed by atoms with van der Waals surface area (Å²) in [6, 6.07) is 12.2. The van der Waals surface area contributed by atoms with Gasteiger partial charge in [0.15, 0.2) is 5.43 Å². The minimum Gasteiger partial charge on any atom is -0.456 e. The van der Waals surface area contributed by atoms with Gasteiger partial charge in [0, 0.05) is 30.4 Å². The molecule has 0 fully saturated rings. The Kier molecular flexibility index (Phi) is 5.35. The summed E-state index contributed by atoms with van der Waals surface area (Å²) in [5.41, 5.74) is 2.42. The van der Waals surface area contributed by atoms with Gasteiger partial charge in [-0.05, 0) is 30.7 Å². The molecular formula is C19H18ClO5P. The van der Waals surface area contributed by atoms with Gasteiger partial charge in [0.1, 0.15) is 11.3 Å². The molecule has 2 aromatic carbocycles. The molecular weight excluding hydrogens is 375 g/mol. The number of hydrogen-bond donors (Lipinski definition) is 0. The third-order valence-electron chi connectivity index (χ3n) is 4.23. The van der Waals surface area contributed by atoms with Crippen molar-refractivity contribution < 1.29 is 18.0 Å². The summed E-state index contributed by atoms with van der Waals surface area (Å²) in [6.07, 6.45) is 0.166. The summed E-state index contributed by atoms with van der Waals surface area (Å²) in [5.74, 6) is 0.498. The van der Waals surface area contributed by atoms with Gasteiger partial charge in [-0.3, -0.25) is 9.36 Å². The van der Waals surface area contributed by atoms with Crippen LogP contribution in [0.3, 0.4) is 0 Å². The standard InChI is InChI=1S/C19H18ClO5P/c1-12-18(21)16-10-15(20)8-9-17(16)25-19(12)14-6-4-13(5-7-14)11-26(22,23-2)24-3/h4-10H,11H2,1-3H3. The third-order valence-corrected chi connectivity index (χ3v) is 6.33. The van der Waals surface area contributed by atoms with E-state index in [1.54, 1.807) is 25.1 Å². The first-order valence-electron chi connectivity index (χ1n) is 7.89. The molecule has 0 saturated carbocycles. The van der Waals surface area contributed by atoms with Crippen molar-refractivity contribution >= 4 is 30.2 Å². The van der Waals surface area contributed by atoms with Gasteiger partial charge in [-0.25, -0.2) is 0 Å². The van der Waals surface area contributed by atoms with Crippen LogP contribution in [0.15, 0.2) is 51.7 Å². The number of hydrogen-bond acceptors (Lipinski definition) is 5. The van der Waals surface area contributed by atoms with Crippen molar-refractivity contribution in [2.45, 2.75) is 13.1 Å². The fraction of sp³-hybridized carbons (Fsp3) is 0.211. The fourth-order valence-electron chi connectivity index (χ4n) is 2.72. The lowest BCUT2D eigenvalue weighted by Crippen LogP contribution is -2.07. The third kappa shape index (κ3) is 3.62. The summed E-state index contributed by atoms with van der Waals surface area (Å²) < 4.78 is 28.1. The second-order valence-corrected chi connectivity index (χ2v) is 8.56. The van der Waals surface area contributed by atoms with Gasteiger partial charge in [0.2, 0.25) is 0 Å². The molecule has 0 aliphatic heterocycles. The Balaban J connectivity index is 2.02. The topological polar surface area (TPSA) is 65.7 Å². The van der Waals surface area contributed by atoms with Crippen molar-refractivity contribution in [1.29, 1.82) is 0 Å². The van der Waals surface area contributed by atoms with E-state index in [1.807, 2.05) is 24.3 Å². The average Bonchev–Trinajstić information content (AvgIpc) is 2.66. The smallest absolute Gasteiger partial charge is 0.334 e. The largest absolute Gasteiger partial charge is 0.456 e. The first-order chi connectivity index (χ1) is 12.4. The molecule has 0 aliphatic rings. The highest BCUT2D eigenvalue weighted by Gasteiger charge is 2.21. The molecule has 0 spiro atoms. The van der Waals surface area contributed by atoms with Gasteiger partial charge in [0.25, 0.3) is 0 Å². The molecule has 5 nitrogen and oxygen atoms in total. The van der Waals surface area contributed by atoms with Crippen LogP contribution in [-0.2, 0) is 19.8 Å². The molecule has 0 N–H and O–H groups in total. The van der Waals surface area contributed by atoms with Crippen molar-refractivity contribution in [3.8, 4) is 11.3 Å². The van der Waals surface area contributed by atoms with Gasteiger partial charge in [-0.2, -0.15) is 0 Å². The van der Waals surface area contributed by atoms with E-state index in [1.165, 1.54) is 14.2 Å². The van der Waals surface area contributed by atoms with Crippen LogP contribution in [0.1, 0.15) is 11.1 Å². The van der Waals surface area contributed by atoms with Crippen molar-refractivity contribution in [1.82, 2.24) is 0 Å². The van der Waals surface area contributed by atoms with E-state index in [0.717, 1.165) is 11.1 Å². The lowest BCUT2D eigenvalue weighted by molar-refractivity contribution is 0.275. The minimum atomic E-state index is -3.13. The summed E-state index contributed by atoms with van der Waals surface area (Å²) in [4.78, 5) is 12.6. The van der Waals surface area contributed by atoms with Gasteiger partial charge in [0.05, 0.1) is 11.5 Å². The predicted molar refractivity (Wildman–Crippen MR) is 103 cm³/mol. The molecule has 0 aliphatic carbocycles. The summed E-state index contributed by atoms with van der Waals surface area (Å²) >= 11 is 5.97. The Labute approximate surface area is 156 Å². The molecule has 0 atom stereocenters. The van der Waals surface area contributed by atoms with Crippen molar-refractivity contribution in [2.24, 2.45) is 0 Å². The zero-order valence-electron chi connectivity index (χ0n) is 14.6. The second-order valence-electron chi connectivity index (χ2n) is 5.86. The first-order valence-corrected chi connectivity index (χ1v) is 10.0. The second kappa shape index (κ2) is 7.37. The normalized spacial score (nSPS) is 11.8. The Hall–Kier alpha value is -1.91. The van der Waals surface area contributed by atoms with Crippen molar-refractivity contribution in [2.75, 3.05) is 14.2 Å². The Morgan fingerprint density at radius 2 is 1.73 bits per heavy atom. The minimum absolute atomic E-state index is 0.115. The molecule has 7 heteroatoms. The Morgan fingerprint density at radius 3 is 2.35 bits per heavy atom. The molecule has 0 saturated heterocycles. The van der Waals surface area contributed by atoms with Crippen LogP contribution in [-0.4, -0.2) is 14.2 Å². The number of rotatable bonds is 5. The zero-order valence-corrected chi connectivity index (χ0v) is 16.3. The average molecular weight is 393 g/mol. The maximum Gasteiger partial charge on any atom is 0.334 e. The highest BCUT2D eigenvalue weighted by Crippen LogP contribution is 2.49. The number of benzene rings is 2. The van der Waals surface area contributed by atoms with E-state index in [-0.39, 0.29) is 11.6 Å². The van der Waals surface area contributed by atoms with Crippen LogP contribution in [0.2, 0.25) is 5.02 Å². The number of fused-ring (bicyclic) bond motifs is 1. The maximum absolute atomic E-state index is 12.6. The van der Waals surface area contributed by atoms with Crippen LogP contribution in [0.5, 0.6) is 0 Å². The molecule has 0 unspecified atom stereocenters. The highest BCUT2D eigenvalue weighted by molar-refractivity contribution is 7.52. The molecule has 0 radical (unpaired) electrons. The van der Waals surface area contributed by atoms with Crippen LogP contribution in [0.25, 0.3) is 22.3 Å². The summed E-state index contributed by atoms with van der Waals surface area (Å²) in [5, 5.41) is 0.943. The van der Waals surface area contributed by atoms with E-state index in [9.17, 15) is 9.36 Å². The highest BCUT2D eigenvalue weighted by atomic mass is 35.5. The quantitative estimate of drug-likeness (QED) is 0.543. The lowest BCUT2D eigenvalue weighted by atomic mass is 10.0. The molecule has 3 rings (SSSR count). The van der Waals surface area contributed by atoms with Gasteiger partial charge in [-0.1, -0.05) is 35.9 Å². The number of halogens is 1. The summed E-state index contributed by atoms with van der Waals surface area (Å²) in [7, 11) is -0.412. The predicted octanol–water partition coefficient (Wildman–Crippen LogP) is 5.41. The van der Waals surface area contributed by atoms with Gasteiger partial charge >= 0.3 is 7.60 Å². The van der Waals surface area contributed by atoms with Crippen LogP contribution < -0.4 is 5.43 Å². The van der Waals surface area contributed by atoms with Crippen molar-refractivity contribution in [3.63, 3.8) is 0 Å². The molecule has 3 aromatic rings. The van der Waals surface area contributed by atoms with E-state index in [2.05, 4.69) is 0 Å². The van der Waals surface area contributed by atoms with E-state index < -0.39 is 7.60 Å². The SMILES string of the molecule is COP(=O)(Cc1ccc(-c2oc3ccc(Cl)cc3c(=O)c2C)cc1)OC. The van der Waals surface area contributed by atoms with E-state index >= 15 is 0 Å². The fourth-order valence-corrected chi connectivity index (χ4v) is 3.96. The monoisotopic (exact) mass is 392 g/mol. The maximum atomic E-state index is 12.6. The molecule has 1 heterocycles. The molecule has 0 bridgehead atoms. The van der Waals surface area contributed by atoms with Crippen LogP contribution in [0, 0.1) is 6.92 Å². The Morgan fingerprint density at radius 1 is 1.08 bits per heavy atom. The van der Waals surface area contributed by atoms with Gasteiger partial charge in [-0.15, -0.1) is 0 Å². The van der Waals surface area contributed by atoms with Gasteiger partial charge < -0.3 is 13.5 Å². The summed E-state index contributed by atoms with van der Waals surface area (Å²) in [6.45, 7) is 1.72.